The van der Waals surface area contributed by atoms with Crippen LogP contribution in [0, 0.1) is 5.92 Å². The molecule has 20 heteroatoms. The second-order valence-electron chi connectivity index (χ2n) is 19.0. The SMILES string of the molecule is CC[C@@H]1O[C@H](C)CC/C=C\[C@@H]2C[C@@]2(C(=O)NS(=O)(=O)C2(C)CC2)NC(=O)[C@@H]2C[C@@H](Oc3nc(-c4ccc(OC(C)C)cn4)cc4cc(OC)ccc34)CN2C(=O)[C@H]1N(C(=O)O)C(C)(C)C(F)F. The number of amides is 4. The molecule has 2 aliphatic carbocycles. The van der Waals surface area contributed by atoms with Crippen LogP contribution in [0.1, 0.15) is 93.4 Å². The number of rotatable bonds is 13. The molecule has 2 saturated carbocycles. The number of carbonyl (C=O) groups excluding carboxylic acids is 3. The van der Waals surface area contributed by atoms with Gasteiger partial charge in [-0.25, -0.2) is 27.0 Å². The molecule has 4 aliphatic rings. The summed E-state index contributed by atoms with van der Waals surface area (Å²) >= 11 is 0. The second-order valence-corrected chi connectivity index (χ2v) is 21.2. The lowest BCUT2D eigenvalue weighted by Gasteiger charge is -2.45. The summed E-state index contributed by atoms with van der Waals surface area (Å²) in [6, 6.07) is 7.12. The number of aromatic nitrogens is 2. The number of carbonyl (C=O) groups is 4. The van der Waals surface area contributed by atoms with E-state index in [2.05, 4.69) is 15.0 Å². The van der Waals surface area contributed by atoms with E-state index in [1.165, 1.54) is 14.0 Å². The van der Waals surface area contributed by atoms with E-state index in [0.29, 0.717) is 64.2 Å². The Balaban J connectivity index is 1.32. The summed E-state index contributed by atoms with van der Waals surface area (Å²) in [7, 11) is -2.62. The van der Waals surface area contributed by atoms with Crippen LogP contribution >= 0.6 is 0 Å². The Bertz CT molecular complexity index is 2520. The molecular formula is C47H60F2N6O11S. The number of hydrogen-bond acceptors (Lipinski definition) is 12. The molecule has 0 radical (unpaired) electrons. The lowest BCUT2D eigenvalue weighted by Crippen LogP contribution is -2.66. The largest absolute Gasteiger partial charge is 0.497 e. The molecule has 0 spiro atoms. The first kappa shape index (κ1) is 49.3. The molecule has 4 heterocycles. The van der Waals surface area contributed by atoms with E-state index in [-0.39, 0.29) is 37.8 Å². The molecule has 67 heavy (non-hydrogen) atoms. The van der Waals surface area contributed by atoms with Gasteiger partial charge in [0.1, 0.15) is 40.8 Å². The maximum atomic E-state index is 15.4. The van der Waals surface area contributed by atoms with Crippen LogP contribution in [0.15, 0.2) is 54.7 Å². The lowest BCUT2D eigenvalue weighted by atomic mass is 9.95. The van der Waals surface area contributed by atoms with E-state index in [1.54, 1.807) is 68.6 Å². The maximum Gasteiger partial charge on any atom is 0.408 e. The molecule has 7 atom stereocenters. The van der Waals surface area contributed by atoms with E-state index < -0.39 is 92.4 Å². The van der Waals surface area contributed by atoms with Gasteiger partial charge in [0, 0.05) is 17.7 Å². The number of benzene rings is 1. The van der Waals surface area contributed by atoms with Crippen LogP contribution in [-0.4, -0.2) is 130 Å². The third-order valence-corrected chi connectivity index (χ3v) is 15.4. The molecule has 4 amide bonds. The summed E-state index contributed by atoms with van der Waals surface area (Å²) in [5, 5.41) is 14.7. The van der Waals surface area contributed by atoms with Gasteiger partial charge in [-0.3, -0.25) is 29.0 Å². The Hall–Kier alpha value is -5.63. The van der Waals surface area contributed by atoms with Crippen LogP contribution in [-0.2, 0) is 29.1 Å². The number of carboxylic acid groups (broad SMARTS) is 1. The van der Waals surface area contributed by atoms with Crippen molar-refractivity contribution < 1.29 is 60.4 Å². The van der Waals surface area contributed by atoms with Gasteiger partial charge < -0.3 is 34.3 Å². The number of ether oxygens (including phenoxy) is 4. The highest BCUT2D eigenvalue weighted by Gasteiger charge is 2.63. The molecule has 2 aliphatic heterocycles. The van der Waals surface area contributed by atoms with E-state index >= 15 is 4.79 Å². The molecule has 1 saturated heterocycles. The van der Waals surface area contributed by atoms with Gasteiger partial charge in [-0.15, -0.1) is 0 Å². The molecule has 1 aromatic carbocycles. The molecule has 0 unspecified atom stereocenters. The summed E-state index contributed by atoms with van der Waals surface area (Å²) in [6.07, 6.45) is -1.69. The third-order valence-electron chi connectivity index (χ3n) is 13.3. The average molecular weight is 955 g/mol. The molecular weight excluding hydrogens is 895 g/mol. The quantitative estimate of drug-likeness (QED) is 0.162. The Morgan fingerprint density at radius 2 is 1.84 bits per heavy atom. The van der Waals surface area contributed by atoms with E-state index in [9.17, 15) is 36.7 Å². The van der Waals surface area contributed by atoms with Gasteiger partial charge in [0.15, 0.2) is 0 Å². The number of alkyl halides is 2. The molecule has 0 bridgehead atoms. The number of pyridine rings is 2. The van der Waals surface area contributed by atoms with Gasteiger partial charge in [0.2, 0.25) is 27.7 Å². The predicted octanol–water partition coefficient (Wildman–Crippen LogP) is 6.24. The summed E-state index contributed by atoms with van der Waals surface area (Å²) in [4.78, 5) is 68.5. The average Bonchev–Trinajstić information content (AvgIpc) is 4.15. The Morgan fingerprint density at radius 1 is 1.12 bits per heavy atom. The minimum absolute atomic E-state index is 0.0217. The molecule has 364 valence electrons. The summed E-state index contributed by atoms with van der Waals surface area (Å²) in [6.45, 7) is 10.3. The van der Waals surface area contributed by atoms with Gasteiger partial charge >= 0.3 is 6.09 Å². The fourth-order valence-electron chi connectivity index (χ4n) is 8.81. The van der Waals surface area contributed by atoms with Gasteiger partial charge in [-0.05, 0) is 122 Å². The van der Waals surface area contributed by atoms with E-state index in [4.69, 9.17) is 23.9 Å². The van der Waals surface area contributed by atoms with Crippen molar-refractivity contribution in [3.8, 4) is 28.8 Å². The Morgan fingerprint density at radius 3 is 2.45 bits per heavy atom. The van der Waals surface area contributed by atoms with Crippen molar-refractivity contribution in [1.82, 2.24) is 29.8 Å². The first-order valence-electron chi connectivity index (χ1n) is 22.6. The van der Waals surface area contributed by atoms with Crippen LogP contribution < -0.4 is 24.2 Å². The zero-order valence-corrected chi connectivity index (χ0v) is 39.8. The molecule has 3 aromatic rings. The maximum absolute atomic E-state index is 15.4. The van der Waals surface area contributed by atoms with Crippen molar-refractivity contribution in [2.45, 2.75) is 152 Å². The highest BCUT2D eigenvalue weighted by molar-refractivity contribution is 7.91. The monoisotopic (exact) mass is 954 g/mol. The van der Waals surface area contributed by atoms with Crippen molar-refractivity contribution in [2.75, 3.05) is 13.7 Å². The highest BCUT2D eigenvalue weighted by atomic mass is 32.2. The Labute approximate surface area is 389 Å². The third kappa shape index (κ3) is 10.0. The number of methoxy groups -OCH3 is 1. The topological polar surface area (TPSA) is 216 Å². The number of fused-ring (bicyclic) bond motifs is 3. The van der Waals surface area contributed by atoms with Crippen LogP contribution in [0.5, 0.6) is 17.4 Å². The van der Waals surface area contributed by atoms with Crippen molar-refractivity contribution in [1.29, 1.82) is 0 Å². The summed E-state index contributed by atoms with van der Waals surface area (Å²) in [5.74, 6) is -2.27. The van der Waals surface area contributed by atoms with Crippen LogP contribution in [0.25, 0.3) is 22.2 Å². The number of nitrogens with one attached hydrogen (secondary N) is 2. The minimum Gasteiger partial charge on any atom is -0.497 e. The highest BCUT2D eigenvalue weighted by Crippen LogP contribution is 2.48. The first-order chi connectivity index (χ1) is 31.5. The molecule has 3 fully saturated rings. The molecule has 17 nitrogen and oxygen atoms in total. The second kappa shape index (κ2) is 18.8. The zero-order valence-electron chi connectivity index (χ0n) is 39.0. The van der Waals surface area contributed by atoms with E-state index in [0.717, 1.165) is 18.7 Å². The van der Waals surface area contributed by atoms with Crippen LogP contribution in [0.2, 0.25) is 0 Å². The fourth-order valence-corrected chi connectivity index (χ4v) is 10.1. The van der Waals surface area contributed by atoms with Crippen LogP contribution in [0.4, 0.5) is 13.6 Å². The summed E-state index contributed by atoms with van der Waals surface area (Å²) < 4.78 is 81.9. The van der Waals surface area contributed by atoms with E-state index in [1.807, 2.05) is 13.8 Å². The van der Waals surface area contributed by atoms with Gasteiger partial charge in [-0.2, -0.15) is 0 Å². The lowest BCUT2D eigenvalue weighted by molar-refractivity contribution is -0.156. The van der Waals surface area contributed by atoms with Crippen molar-refractivity contribution >= 4 is 44.6 Å². The van der Waals surface area contributed by atoms with Gasteiger partial charge in [-0.1, -0.05) is 19.1 Å². The van der Waals surface area contributed by atoms with Crippen molar-refractivity contribution in [2.24, 2.45) is 5.92 Å². The number of nitrogens with zero attached hydrogens (tertiary/aromatic N) is 4. The number of halogens is 2. The molecule has 2 aromatic heterocycles. The number of allylic oxidation sites excluding steroid dienone is 1. The number of hydrogen-bond donors (Lipinski definition) is 3. The van der Waals surface area contributed by atoms with Crippen LogP contribution in [0.3, 0.4) is 0 Å². The normalized spacial score (nSPS) is 27.0. The van der Waals surface area contributed by atoms with Crippen molar-refractivity contribution in [3.63, 3.8) is 0 Å². The molecule has 7 rings (SSSR count). The predicted molar refractivity (Wildman–Crippen MR) is 242 cm³/mol. The fraction of sp³-hybridized carbons (Fsp3) is 0.574. The zero-order chi connectivity index (χ0) is 48.8. The smallest absolute Gasteiger partial charge is 0.408 e. The summed E-state index contributed by atoms with van der Waals surface area (Å²) in [5.41, 5.74) is -3.29. The molecule has 3 N–H and O–H groups in total. The van der Waals surface area contributed by atoms with Gasteiger partial charge in [0.25, 0.3) is 12.3 Å². The minimum atomic E-state index is -4.14. The first-order valence-corrected chi connectivity index (χ1v) is 24.1. The number of sulfonamides is 1. The van der Waals surface area contributed by atoms with Crippen molar-refractivity contribution in [3.05, 3.63) is 54.7 Å². The van der Waals surface area contributed by atoms with Gasteiger partial charge in [0.05, 0.1) is 54.3 Å². The Kier molecular flexibility index (Phi) is 13.8. The standard InChI is InChI=1S/C47H60F2N6O11S/c1-9-37-38(55(44(59)60)45(5,6)42(48)49)41(57)54-25-32(66-40-33-16-14-30(63-8)20-28(33)21-35(51-40)34-17-15-31(24-50-34)64-26(2)3)22-36(54)39(56)52-47(23-29(47)13-11-10-12-27(4)65-37)43(58)53-67(61,62)46(7)18-19-46/h11,13-17,20-21,24,26-27,29,32,36-38,42H,9-10,12,18-19,22-23,25H2,1-8H3,(H,52,56)(H,53,58)(H,59,60)/b13-11-/t27-,29-,32-,36+,37+,38+,47-/m1/s1.